The van der Waals surface area contributed by atoms with E-state index in [1.807, 2.05) is 37.4 Å². The molecule has 0 saturated carbocycles. The molecule has 0 radical (unpaired) electrons. The number of allylic oxidation sites excluding steroid dienone is 2. The summed E-state index contributed by atoms with van der Waals surface area (Å²) in [6.07, 6.45) is 13.3. The maximum absolute atomic E-state index is 11.2. The molecule has 1 aromatic heterocycles. The van der Waals surface area contributed by atoms with Crippen LogP contribution in [0.5, 0.6) is 0 Å². The summed E-state index contributed by atoms with van der Waals surface area (Å²) in [5.74, 6) is 1.14. The topological polar surface area (TPSA) is 70.1 Å². The first-order valence-electron chi connectivity index (χ1n) is 9.23. The predicted molar refractivity (Wildman–Crippen MR) is 108 cm³/mol. The molecule has 0 atom stereocenters. The minimum absolute atomic E-state index is 0.124. The van der Waals surface area contributed by atoms with Crippen molar-refractivity contribution in [1.29, 1.82) is 0 Å². The van der Waals surface area contributed by atoms with Crippen LogP contribution in [0.15, 0.2) is 47.6 Å². The van der Waals surface area contributed by atoms with Gasteiger partial charge in [0.1, 0.15) is 5.82 Å². The third-order valence-corrected chi connectivity index (χ3v) is 4.16. The molecule has 5 heteroatoms. The summed E-state index contributed by atoms with van der Waals surface area (Å²) in [7, 11) is 1.68. The molecule has 0 spiro atoms. The first-order valence-corrected chi connectivity index (χ1v) is 9.23. The minimum atomic E-state index is 0.124. The van der Waals surface area contributed by atoms with Gasteiger partial charge in [-0.1, -0.05) is 31.1 Å². The van der Waals surface area contributed by atoms with Crippen LogP contribution in [0, 0.1) is 0 Å². The summed E-state index contributed by atoms with van der Waals surface area (Å²) >= 11 is 0. The number of carbonyl (C=O) groups is 1. The zero-order chi connectivity index (χ0) is 18.6. The number of amides is 1. The van der Waals surface area contributed by atoms with Gasteiger partial charge in [-0.25, -0.2) is 4.98 Å². The van der Waals surface area contributed by atoms with Crippen LogP contribution in [0.2, 0.25) is 0 Å². The Morgan fingerprint density at radius 2 is 1.96 bits per heavy atom. The first-order chi connectivity index (χ1) is 12.7. The Morgan fingerprint density at radius 3 is 2.69 bits per heavy atom. The number of H-pyrrole nitrogens is 1. The number of benzene rings is 1. The lowest BCUT2D eigenvalue weighted by atomic mass is 10.1. The highest BCUT2D eigenvalue weighted by Crippen LogP contribution is 2.21. The largest absolute Gasteiger partial charge is 0.359 e. The smallest absolute Gasteiger partial charge is 0.219 e. The van der Waals surface area contributed by atoms with Gasteiger partial charge in [0.15, 0.2) is 0 Å². The first kappa shape index (κ1) is 19.6. The molecule has 2 aromatic rings. The van der Waals surface area contributed by atoms with E-state index in [-0.39, 0.29) is 5.91 Å². The fraction of sp³-hybridized carbons (Fsp3) is 0.381. The van der Waals surface area contributed by atoms with Gasteiger partial charge in [-0.15, -0.1) is 0 Å². The van der Waals surface area contributed by atoms with Crippen molar-refractivity contribution in [2.45, 2.75) is 45.4 Å². The van der Waals surface area contributed by atoms with E-state index in [1.54, 1.807) is 13.3 Å². The molecule has 138 valence electrons. The van der Waals surface area contributed by atoms with Gasteiger partial charge in [0.25, 0.3) is 0 Å². The van der Waals surface area contributed by atoms with E-state index in [4.69, 9.17) is 0 Å². The summed E-state index contributed by atoms with van der Waals surface area (Å²) in [5, 5.41) is 2.65. The SMILES string of the molecule is C/C=C\C=N/c1ccc(-c2cnc(CCCCCCC(=O)NC)[nH]2)cc1. The van der Waals surface area contributed by atoms with Crippen LogP contribution in [0.1, 0.15) is 44.9 Å². The van der Waals surface area contributed by atoms with Gasteiger partial charge in [-0.2, -0.15) is 0 Å². The molecule has 26 heavy (non-hydrogen) atoms. The molecule has 1 amide bonds. The molecule has 2 rings (SSSR count). The van der Waals surface area contributed by atoms with Crippen molar-refractivity contribution in [3.63, 3.8) is 0 Å². The summed E-state index contributed by atoms with van der Waals surface area (Å²) < 4.78 is 0. The molecule has 0 aliphatic carbocycles. The van der Waals surface area contributed by atoms with E-state index in [2.05, 4.69) is 32.4 Å². The number of aryl methyl sites for hydroxylation is 1. The second-order valence-corrected chi connectivity index (χ2v) is 6.18. The number of hydrogen-bond donors (Lipinski definition) is 2. The van der Waals surface area contributed by atoms with Crippen LogP contribution in [0.3, 0.4) is 0 Å². The lowest BCUT2D eigenvalue weighted by Gasteiger charge is -2.01. The molecule has 0 fully saturated rings. The standard InChI is InChI=1S/C21H28N4O/c1-3-4-15-23-18-13-11-17(12-14-18)19-16-24-20(25-19)9-7-5-6-8-10-21(26)22-2/h3-4,11-16H,5-10H2,1-2H3,(H,22,26)(H,24,25)/b4-3-,23-15-. The average molecular weight is 352 g/mol. The lowest BCUT2D eigenvalue weighted by Crippen LogP contribution is -2.16. The van der Waals surface area contributed by atoms with Crippen LogP contribution in [-0.2, 0) is 11.2 Å². The number of aromatic amines is 1. The number of unbranched alkanes of at least 4 members (excludes halogenated alkanes) is 3. The minimum Gasteiger partial charge on any atom is -0.359 e. The summed E-state index contributed by atoms with van der Waals surface area (Å²) in [4.78, 5) is 23.4. The van der Waals surface area contributed by atoms with Gasteiger partial charge < -0.3 is 10.3 Å². The van der Waals surface area contributed by atoms with Gasteiger partial charge in [-0.3, -0.25) is 9.79 Å². The Bertz CT molecular complexity index is 729. The molecular weight excluding hydrogens is 324 g/mol. The van der Waals surface area contributed by atoms with Crippen LogP contribution in [0.25, 0.3) is 11.3 Å². The monoisotopic (exact) mass is 352 g/mol. The third kappa shape index (κ3) is 6.67. The van der Waals surface area contributed by atoms with E-state index < -0.39 is 0 Å². The normalized spacial score (nSPS) is 11.5. The molecule has 0 bridgehead atoms. The fourth-order valence-corrected chi connectivity index (χ4v) is 2.63. The van der Waals surface area contributed by atoms with Gasteiger partial charge >= 0.3 is 0 Å². The third-order valence-electron chi connectivity index (χ3n) is 4.16. The molecule has 1 heterocycles. The second-order valence-electron chi connectivity index (χ2n) is 6.18. The van der Waals surface area contributed by atoms with Gasteiger partial charge in [-0.05, 0) is 43.5 Å². The van der Waals surface area contributed by atoms with Crippen molar-refractivity contribution >= 4 is 17.8 Å². The highest BCUT2D eigenvalue weighted by atomic mass is 16.1. The van der Waals surface area contributed by atoms with E-state index in [0.29, 0.717) is 6.42 Å². The zero-order valence-corrected chi connectivity index (χ0v) is 15.7. The Hall–Kier alpha value is -2.69. The quantitative estimate of drug-likeness (QED) is 0.485. The van der Waals surface area contributed by atoms with E-state index in [9.17, 15) is 4.79 Å². The predicted octanol–water partition coefficient (Wildman–Crippen LogP) is 4.59. The van der Waals surface area contributed by atoms with Gasteiger partial charge in [0, 0.05) is 26.1 Å². The van der Waals surface area contributed by atoms with Gasteiger partial charge in [0.05, 0.1) is 17.6 Å². The molecule has 2 N–H and O–H groups in total. The van der Waals surface area contributed by atoms with Crippen LogP contribution in [-0.4, -0.2) is 29.1 Å². The maximum Gasteiger partial charge on any atom is 0.219 e. The number of aromatic nitrogens is 2. The van der Waals surface area contributed by atoms with Crippen molar-refractivity contribution in [2.24, 2.45) is 4.99 Å². The average Bonchev–Trinajstić information content (AvgIpc) is 3.14. The number of rotatable bonds is 10. The van der Waals surface area contributed by atoms with E-state index >= 15 is 0 Å². The molecular formula is C21H28N4O. The van der Waals surface area contributed by atoms with Crippen LogP contribution < -0.4 is 5.32 Å². The molecule has 0 saturated heterocycles. The van der Waals surface area contributed by atoms with Crippen molar-refractivity contribution in [3.8, 4) is 11.3 Å². The van der Waals surface area contributed by atoms with Crippen LogP contribution >= 0.6 is 0 Å². The summed E-state index contributed by atoms with van der Waals surface area (Å²) in [6, 6.07) is 8.11. The Balaban J connectivity index is 1.77. The number of nitrogens with one attached hydrogen (secondary N) is 2. The molecule has 0 aliphatic heterocycles. The highest BCUT2D eigenvalue weighted by Gasteiger charge is 2.04. The fourth-order valence-electron chi connectivity index (χ4n) is 2.63. The number of nitrogens with zero attached hydrogens (tertiary/aromatic N) is 2. The van der Waals surface area contributed by atoms with E-state index in [1.165, 1.54) is 0 Å². The summed E-state index contributed by atoms with van der Waals surface area (Å²) in [5.41, 5.74) is 3.08. The van der Waals surface area contributed by atoms with Crippen molar-refractivity contribution in [1.82, 2.24) is 15.3 Å². The molecule has 0 aliphatic rings. The zero-order valence-electron chi connectivity index (χ0n) is 15.7. The number of aliphatic imine (C=N–C) groups is 1. The lowest BCUT2D eigenvalue weighted by molar-refractivity contribution is -0.120. The maximum atomic E-state index is 11.2. The Labute approximate surface area is 155 Å². The van der Waals surface area contributed by atoms with E-state index in [0.717, 1.165) is 54.9 Å². The number of hydrogen-bond acceptors (Lipinski definition) is 3. The molecule has 1 aromatic carbocycles. The number of imidazole rings is 1. The summed E-state index contributed by atoms with van der Waals surface area (Å²) in [6.45, 7) is 1.97. The van der Waals surface area contributed by atoms with Crippen LogP contribution in [0.4, 0.5) is 5.69 Å². The highest BCUT2D eigenvalue weighted by molar-refractivity contribution is 5.75. The second kappa shape index (κ2) is 11.0. The number of carbonyl (C=O) groups excluding carboxylic acids is 1. The van der Waals surface area contributed by atoms with Crippen molar-refractivity contribution < 1.29 is 4.79 Å². The Morgan fingerprint density at radius 1 is 1.19 bits per heavy atom. The van der Waals surface area contributed by atoms with Gasteiger partial charge in [0.2, 0.25) is 5.91 Å². The molecule has 0 unspecified atom stereocenters. The Kier molecular flexibility index (Phi) is 8.33. The molecule has 5 nitrogen and oxygen atoms in total. The van der Waals surface area contributed by atoms with Crippen molar-refractivity contribution in [2.75, 3.05) is 7.05 Å². The van der Waals surface area contributed by atoms with Crippen molar-refractivity contribution in [3.05, 3.63) is 48.4 Å².